The topological polar surface area (TPSA) is 22.1 Å². The number of nitrogens with zero attached hydrogens (tertiary/aromatic N) is 1. The molecular weight excluding hydrogens is 219 g/mol. The first-order chi connectivity index (χ1) is 7.50. The van der Waals surface area contributed by atoms with Crippen LogP contribution in [0.4, 0.5) is 13.2 Å². The Morgan fingerprint density at radius 3 is 2.62 bits per heavy atom. The van der Waals surface area contributed by atoms with Crippen molar-refractivity contribution in [3.05, 3.63) is 23.5 Å². The summed E-state index contributed by atoms with van der Waals surface area (Å²) < 4.78 is 43.2. The van der Waals surface area contributed by atoms with Gasteiger partial charge in [0.05, 0.1) is 6.10 Å². The molecule has 0 amide bonds. The molecule has 1 fully saturated rings. The third kappa shape index (κ3) is 2.46. The van der Waals surface area contributed by atoms with Gasteiger partial charge in [0.25, 0.3) is 0 Å². The molecule has 16 heavy (non-hydrogen) atoms. The number of aryl methyl sites for hydroxylation is 1. The summed E-state index contributed by atoms with van der Waals surface area (Å²) in [6.45, 7) is 1.84. The molecule has 0 saturated heterocycles. The van der Waals surface area contributed by atoms with Crippen molar-refractivity contribution in [2.24, 2.45) is 0 Å². The highest BCUT2D eigenvalue weighted by Crippen LogP contribution is 2.38. The Hall–Kier alpha value is -1.26. The molecule has 2 rings (SSSR count). The molecule has 2 nitrogen and oxygen atoms in total. The molecule has 1 aromatic heterocycles. The van der Waals surface area contributed by atoms with Gasteiger partial charge < -0.3 is 4.74 Å². The quantitative estimate of drug-likeness (QED) is 0.796. The summed E-state index contributed by atoms with van der Waals surface area (Å²) in [6, 6.07) is 1.39. The summed E-state index contributed by atoms with van der Waals surface area (Å²) in [5, 5.41) is 0. The maximum absolute atomic E-state index is 12.6. The molecule has 0 atom stereocenters. The minimum atomic E-state index is -4.40. The van der Waals surface area contributed by atoms with Crippen LogP contribution < -0.4 is 4.74 Å². The summed E-state index contributed by atoms with van der Waals surface area (Å²) >= 11 is 0. The largest absolute Gasteiger partial charge is 0.490 e. The molecule has 1 aliphatic rings. The lowest BCUT2D eigenvalue weighted by Crippen LogP contribution is -2.11. The van der Waals surface area contributed by atoms with Crippen LogP contribution in [0.2, 0.25) is 0 Å². The van der Waals surface area contributed by atoms with Gasteiger partial charge in [-0.1, -0.05) is 6.92 Å². The summed E-state index contributed by atoms with van der Waals surface area (Å²) in [6.07, 6.45) is -1.32. The smallest absolute Gasteiger partial charge is 0.421 e. The maximum atomic E-state index is 12.6. The number of alkyl halides is 3. The molecule has 0 unspecified atom stereocenters. The second kappa shape index (κ2) is 3.96. The van der Waals surface area contributed by atoms with Crippen molar-refractivity contribution < 1.29 is 17.9 Å². The van der Waals surface area contributed by atoms with E-state index in [1.54, 1.807) is 0 Å². The molecule has 1 aromatic rings. The second-order valence-electron chi connectivity index (χ2n) is 3.84. The molecule has 0 radical (unpaired) electrons. The van der Waals surface area contributed by atoms with E-state index in [0.717, 1.165) is 19.0 Å². The van der Waals surface area contributed by atoms with Crippen molar-refractivity contribution in [3.8, 4) is 5.75 Å². The Balaban J connectivity index is 2.33. The van der Waals surface area contributed by atoms with E-state index in [0.29, 0.717) is 12.1 Å². The number of rotatable bonds is 3. The lowest BCUT2D eigenvalue weighted by atomic mass is 10.2. The number of ether oxygens (including phenoxy) is 1. The van der Waals surface area contributed by atoms with Crippen LogP contribution in [0.5, 0.6) is 5.75 Å². The van der Waals surface area contributed by atoms with Gasteiger partial charge in [-0.05, 0) is 19.3 Å². The van der Waals surface area contributed by atoms with Gasteiger partial charge in [0.1, 0.15) is 11.3 Å². The molecule has 0 bridgehead atoms. The minimum absolute atomic E-state index is 0.0480. The SMILES string of the molecule is CCc1cc(OC2CC2)c(C(F)(F)F)cn1. The fraction of sp³-hybridized carbons (Fsp3) is 0.545. The summed E-state index contributed by atoms with van der Waals surface area (Å²) in [7, 11) is 0. The first-order valence-corrected chi connectivity index (χ1v) is 5.23. The highest BCUT2D eigenvalue weighted by Gasteiger charge is 2.36. The average molecular weight is 231 g/mol. The number of hydrogen-bond donors (Lipinski definition) is 0. The van der Waals surface area contributed by atoms with Crippen LogP contribution in [0.1, 0.15) is 31.0 Å². The molecule has 1 aliphatic carbocycles. The van der Waals surface area contributed by atoms with Gasteiger partial charge in [-0.25, -0.2) is 0 Å². The highest BCUT2D eigenvalue weighted by atomic mass is 19.4. The Kier molecular flexibility index (Phi) is 2.78. The van der Waals surface area contributed by atoms with Crippen molar-refractivity contribution in [1.82, 2.24) is 4.98 Å². The van der Waals surface area contributed by atoms with Crippen molar-refractivity contribution in [2.45, 2.75) is 38.5 Å². The predicted molar refractivity (Wildman–Crippen MR) is 52.3 cm³/mol. The molecule has 0 aliphatic heterocycles. The van der Waals surface area contributed by atoms with Crippen LogP contribution in [0.15, 0.2) is 12.3 Å². The van der Waals surface area contributed by atoms with Gasteiger partial charge in [-0.2, -0.15) is 13.2 Å². The lowest BCUT2D eigenvalue weighted by molar-refractivity contribution is -0.139. The number of pyridine rings is 1. The molecule has 88 valence electrons. The lowest BCUT2D eigenvalue weighted by Gasteiger charge is -2.13. The number of hydrogen-bond acceptors (Lipinski definition) is 2. The third-order valence-corrected chi connectivity index (χ3v) is 2.41. The van der Waals surface area contributed by atoms with Gasteiger partial charge in [0.15, 0.2) is 0 Å². The Labute approximate surface area is 91.4 Å². The Morgan fingerprint density at radius 2 is 2.12 bits per heavy atom. The first-order valence-electron chi connectivity index (χ1n) is 5.23. The summed E-state index contributed by atoms with van der Waals surface area (Å²) in [5.41, 5.74) is -0.166. The predicted octanol–water partition coefficient (Wildman–Crippen LogP) is 3.20. The molecule has 5 heteroatoms. The van der Waals surface area contributed by atoms with E-state index in [2.05, 4.69) is 4.98 Å². The fourth-order valence-corrected chi connectivity index (χ4v) is 1.35. The van der Waals surface area contributed by atoms with E-state index >= 15 is 0 Å². The van der Waals surface area contributed by atoms with Crippen LogP contribution in [0.25, 0.3) is 0 Å². The normalized spacial score (nSPS) is 16.2. The van der Waals surface area contributed by atoms with E-state index in [9.17, 15) is 13.2 Å². The van der Waals surface area contributed by atoms with Gasteiger partial charge in [0.2, 0.25) is 0 Å². The highest BCUT2D eigenvalue weighted by molar-refractivity contribution is 5.35. The zero-order chi connectivity index (χ0) is 11.8. The molecule has 0 N–H and O–H groups in total. The van der Waals surface area contributed by atoms with E-state index in [-0.39, 0.29) is 11.9 Å². The van der Waals surface area contributed by atoms with Crippen LogP contribution in [0, 0.1) is 0 Å². The van der Waals surface area contributed by atoms with Gasteiger partial charge in [-0.3, -0.25) is 4.98 Å². The van der Waals surface area contributed by atoms with Crippen LogP contribution >= 0.6 is 0 Å². The van der Waals surface area contributed by atoms with Crippen LogP contribution in [0.3, 0.4) is 0 Å². The van der Waals surface area contributed by atoms with Crippen LogP contribution in [-0.4, -0.2) is 11.1 Å². The van der Waals surface area contributed by atoms with Crippen molar-refractivity contribution in [1.29, 1.82) is 0 Å². The zero-order valence-corrected chi connectivity index (χ0v) is 8.84. The summed E-state index contributed by atoms with van der Waals surface area (Å²) in [4.78, 5) is 3.75. The molecule has 1 heterocycles. The van der Waals surface area contributed by atoms with E-state index in [4.69, 9.17) is 4.74 Å². The average Bonchev–Trinajstić information content (AvgIpc) is 3.00. The number of aromatic nitrogens is 1. The molecule has 1 saturated carbocycles. The second-order valence-corrected chi connectivity index (χ2v) is 3.84. The van der Waals surface area contributed by atoms with Crippen molar-refractivity contribution >= 4 is 0 Å². The van der Waals surface area contributed by atoms with Crippen molar-refractivity contribution in [3.63, 3.8) is 0 Å². The number of halogens is 3. The van der Waals surface area contributed by atoms with Gasteiger partial charge in [0, 0.05) is 18.0 Å². The monoisotopic (exact) mass is 231 g/mol. The Morgan fingerprint density at radius 1 is 1.44 bits per heavy atom. The standard InChI is InChI=1S/C11H12F3NO/c1-2-7-5-10(16-8-3-4-8)9(6-15-7)11(12,13)14/h5-6,8H,2-4H2,1H3. The van der Waals surface area contributed by atoms with Gasteiger partial charge >= 0.3 is 6.18 Å². The Bertz CT molecular complexity index is 385. The molecular formula is C11H12F3NO. The summed E-state index contributed by atoms with van der Waals surface area (Å²) in [5.74, 6) is -0.0816. The van der Waals surface area contributed by atoms with E-state index in [1.165, 1.54) is 6.07 Å². The van der Waals surface area contributed by atoms with E-state index in [1.807, 2.05) is 6.92 Å². The first kappa shape index (κ1) is 11.2. The third-order valence-electron chi connectivity index (χ3n) is 2.41. The van der Waals surface area contributed by atoms with Crippen molar-refractivity contribution in [2.75, 3.05) is 0 Å². The molecule has 0 spiro atoms. The van der Waals surface area contributed by atoms with E-state index < -0.39 is 11.7 Å². The maximum Gasteiger partial charge on any atom is 0.421 e. The molecule has 0 aromatic carbocycles. The van der Waals surface area contributed by atoms with Gasteiger partial charge in [-0.15, -0.1) is 0 Å². The van der Waals surface area contributed by atoms with Crippen LogP contribution in [-0.2, 0) is 12.6 Å². The minimum Gasteiger partial charge on any atom is -0.490 e. The zero-order valence-electron chi connectivity index (χ0n) is 8.84. The fourth-order valence-electron chi connectivity index (χ4n) is 1.35.